The predicted molar refractivity (Wildman–Crippen MR) is 128 cm³/mol. The fourth-order valence-electron chi connectivity index (χ4n) is 2.53. The topological polar surface area (TPSA) is 91.3 Å². The Hall–Kier alpha value is -2.62. The van der Waals surface area contributed by atoms with E-state index in [2.05, 4.69) is 43.5 Å². The number of aliphatic imine (C=N–C) groups is 1. The Bertz CT molecular complexity index is 1080. The van der Waals surface area contributed by atoms with Crippen LogP contribution >= 0.6 is 35.6 Å². The molecule has 7 nitrogen and oxygen atoms in total. The smallest absolute Gasteiger partial charge is 0.320 e. The first-order chi connectivity index (χ1) is 14.5. The normalized spacial score (nSPS) is 12.1. The second-order valence-corrected chi connectivity index (χ2v) is 8.23. The first-order valence-corrected chi connectivity index (χ1v) is 10.9. The number of aromatic nitrogens is 2. The highest BCUT2D eigenvalue weighted by Gasteiger charge is 2.04. The molecular weight excluding hydrogens is 440 g/mol. The molecule has 0 aliphatic carbocycles. The van der Waals surface area contributed by atoms with E-state index in [-0.39, 0.29) is 6.03 Å². The van der Waals surface area contributed by atoms with Gasteiger partial charge in [-0.1, -0.05) is 23.7 Å². The molecule has 156 valence electrons. The number of fused-ring (bicyclic) bond motifs is 1. The number of nitrogens with zero attached hydrogens (tertiary/aromatic N) is 3. The highest BCUT2D eigenvalue weighted by atomic mass is 35.5. The van der Waals surface area contributed by atoms with Crippen LogP contribution < -0.4 is 16.0 Å². The van der Waals surface area contributed by atoms with Crippen LogP contribution in [0.2, 0.25) is 5.02 Å². The third-order valence-corrected chi connectivity index (χ3v) is 5.45. The summed E-state index contributed by atoms with van der Waals surface area (Å²) in [6.07, 6.45) is 3.83. The maximum Gasteiger partial charge on any atom is 0.320 e. The number of thiophene rings is 1. The van der Waals surface area contributed by atoms with Crippen molar-refractivity contribution in [1.29, 1.82) is 0 Å². The van der Waals surface area contributed by atoms with E-state index in [1.165, 1.54) is 0 Å². The van der Waals surface area contributed by atoms with Gasteiger partial charge in [0.05, 0.1) is 10.2 Å². The van der Waals surface area contributed by atoms with Crippen LogP contribution in [-0.4, -0.2) is 28.4 Å². The minimum absolute atomic E-state index is 0.337. The van der Waals surface area contributed by atoms with E-state index in [9.17, 15) is 4.79 Å². The first kappa shape index (κ1) is 22.1. The molecule has 0 spiro atoms. The van der Waals surface area contributed by atoms with E-state index in [0.29, 0.717) is 30.4 Å². The van der Waals surface area contributed by atoms with E-state index in [1.54, 1.807) is 42.9 Å². The second-order valence-electron chi connectivity index (χ2n) is 6.31. The molecule has 0 radical (unpaired) electrons. The number of amidine groups is 1. The molecule has 0 bridgehead atoms. The van der Waals surface area contributed by atoms with E-state index in [4.69, 9.17) is 11.6 Å². The molecule has 3 N–H and O–H groups in total. The first-order valence-electron chi connectivity index (χ1n) is 9.15. The summed E-state index contributed by atoms with van der Waals surface area (Å²) in [5.74, 6) is 1.28. The molecule has 0 atom stereocenters. The number of anilines is 1. The summed E-state index contributed by atoms with van der Waals surface area (Å²) in [7, 11) is 0. The van der Waals surface area contributed by atoms with Crippen molar-refractivity contribution in [1.82, 2.24) is 20.6 Å². The van der Waals surface area contributed by atoms with Crippen LogP contribution in [0.3, 0.4) is 0 Å². The van der Waals surface area contributed by atoms with Gasteiger partial charge < -0.3 is 10.6 Å². The zero-order chi connectivity index (χ0) is 21.3. The Balaban J connectivity index is 1.42. The predicted octanol–water partition coefficient (Wildman–Crippen LogP) is 4.84. The molecule has 10 heteroatoms. The third-order valence-electron chi connectivity index (χ3n) is 3.96. The Morgan fingerprint density at radius 2 is 2.20 bits per heavy atom. The number of amides is 2. The van der Waals surface area contributed by atoms with Crippen LogP contribution in [0.25, 0.3) is 10.2 Å². The second kappa shape index (κ2) is 11.0. The molecule has 2 aromatic heterocycles. The lowest BCUT2D eigenvalue weighted by atomic mass is 10.2. The Morgan fingerprint density at radius 3 is 3.03 bits per heavy atom. The zero-order valence-corrected chi connectivity index (χ0v) is 18.7. The number of thiol groups is 1. The molecule has 0 saturated carbocycles. The van der Waals surface area contributed by atoms with E-state index in [1.807, 2.05) is 23.6 Å². The molecule has 0 aliphatic rings. The summed E-state index contributed by atoms with van der Waals surface area (Å²) < 4.78 is 1.03. The van der Waals surface area contributed by atoms with Gasteiger partial charge in [-0.25, -0.2) is 19.8 Å². The lowest BCUT2D eigenvalue weighted by molar-refractivity contribution is 0.245. The number of benzene rings is 1. The van der Waals surface area contributed by atoms with Crippen molar-refractivity contribution in [2.24, 2.45) is 4.99 Å². The number of carbonyl (C=O) groups is 1. The highest BCUT2D eigenvalue weighted by molar-refractivity contribution is 7.84. The Morgan fingerprint density at radius 1 is 1.33 bits per heavy atom. The number of halogens is 1. The molecule has 3 rings (SSSR count). The molecule has 0 fully saturated rings. The fraction of sp³-hybridized carbons (Fsp3) is 0.200. The molecule has 0 aliphatic heterocycles. The largest absolute Gasteiger partial charge is 0.368 e. The summed E-state index contributed by atoms with van der Waals surface area (Å²) in [6.45, 7) is 2.74. The van der Waals surface area contributed by atoms with E-state index in [0.717, 1.165) is 26.5 Å². The number of nitrogens with one attached hydrogen (secondary N) is 3. The lowest BCUT2D eigenvalue weighted by Crippen LogP contribution is -2.37. The average molecular weight is 461 g/mol. The lowest BCUT2D eigenvalue weighted by Gasteiger charge is -2.07. The summed E-state index contributed by atoms with van der Waals surface area (Å²) in [4.78, 5) is 25.5. The van der Waals surface area contributed by atoms with Crippen molar-refractivity contribution in [2.45, 2.75) is 19.9 Å². The number of hydrogen-bond donors (Lipinski definition) is 4. The van der Waals surface area contributed by atoms with Gasteiger partial charge in [-0.3, -0.25) is 5.32 Å². The highest BCUT2D eigenvalue weighted by Crippen LogP contribution is 2.24. The van der Waals surface area contributed by atoms with Crippen molar-refractivity contribution in [3.63, 3.8) is 0 Å². The molecule has 3 aromatic rings. The van der Waals surface area contributed by atoms with Gasteiger partial charge in [0.25, 0.3) is 0 Å². The van der Waals surface area contributed by atoms with Crippen LogP contribution in [0, 0.1) is 0 Å². The SMILES string of the molecule is CC(=N/C=C(\S)CCNc1ncnc2ccsc12)NC(=O)NCc1cccc(Cl)c1. The van der Waals surface area contributed by atoms with Crippen molar-refractivity contribution in [2.75, 3.05) is 11.9 Å². The summed E-state index contributed by atoms with van der Waals surface area (Å²) in [6, 6.07) is 8.95. The summed E-state index contributed by atoms with van der Waals surface area (Å²) in [5.41, 5.74) is 1.85. The third kappa shape index (κ3) is 6.72. The maximum absolute atomic E-state index is 12.0. The molecular formula is C20H21ClN6OS2. The standard InChI is InChI=1S/C20H21ClN6OS2/c1-13(27-20(28)24-10-14-3-2-4-15(21)9-14)23-11-16(29)5-7-22-19-18-17(6-8-30-18)25-12-26-19/h2-4,6,8-9,11-12,29H,5,7,10H2,1H3,(H,22,25,26)(H2,23,24,27,28)/b16-11-. The van der Waals surface area contributed by atoms with Gasteiger partial charge in [0, 0.05) is 29.2 Å². The molecule has 1 aromatic carbocycles. The van der Waals surface area contributed by atoms with Crippen molar-refractivity contribution < 1.29 is 4.79 Å². The van der Waals surface area contributed by atoms with Gasteiger partial charge in [-0.2, -0.15) is 0 Å². The van der Waals surface area contributed by atoms with Gasteiger partial charge in [-0.15, -0.1) is 24.0 Å². The van der Waals surface area contributed by atoms with Gasteiger partial charge in [0.15, 0.2) is 0 Å². The van der Waals surface area contributed by atoms with Crippen LogP contribution in [0.15, 0.2) is 58.1 Å². The maximum atomic E-state index is 12.0. The van der Waals surface area contributed by atoms with Crippen LogP contribution in [-0.2, 0) is 6.54 Å². The van der Waals surface area contributed by atoms with Gasteiger partial charge in [0.1, 0.15) is 18.0 Å². The number of rotatable bonds is 7. The van der Waals surface area contributed by atoms with Crippen molar-refractivity contribution in [3.05, 3.63) is 63.7 Å². The molecule has 0 unspecified atom stereocenters. The monoisotopic (exact) mass is 460 g/mol. The summed E-state index contributed by atoms with van der Waals surface area (Å²) >= 11 is 12.0. The minimum Gasteiger partial charge on any atom is -0.368 e. The quantitative estimate of drug-likeness (QED) is 0.231. The van der Waals surface area contributed by atoms with E-state index < -0.39 is 0 Å². The van der Waals surface area contributed by atoms with Crippen LogP contribution in [0.1, 0.15) is 18.9 Å². The van der Waals surface area contributed by atoms with Crippen LogP contribution in [0.4, 0.5) is 10.6 Å². The van der Waals surface area contributed by atoms with Gasteiger partial charge in [-0.05, 0) is 42.5 Å². The fourth-order valence-corrected chi connectivity index (χ4v) is 3.72. The summed E-state index contributed by atoms with van der Waals surface area (Å²) in [5, 5.41) is 11.4. The molecule has 30 heavy (non-hydrogen) atoms. The van der Waals surface area contributed by atoms with Gasteiger partial charge in [0.2, 0.25) is 0 Å². The van der Waals surface area contributed by atoms with Crippen molar-refractivity contribution >= 4 is 63.5 Å². The molecule has 2 heterocycles. The minimum atomic E-state index is -0.337. The zero-order valence-electron chi connectivity index (χ0n) is 16.2. The molecule has 0 saturated heterocycles. The van der Waals surface area contributed by atoms with E-state index >= 15 is 0 Å². The van der Waals surface area contributed by atoms with Crippen LogP contribution in [0.5, 0.6) is 0 Å². The average Bonchev–Trinajstić information content (AvgIpc) is 3.21. The van der Waals surface area contributed by atoms with Crippen molar-refractivity contribution in [3.8, 4) is 0 Å². The number of carbonyl (C=O) groups excluding carboxylic acids is 1. The Labute approximate surface area is 189 Å². The number of hydrogen-bond acceptors (Lipinski definition) is 7. The van der Waals surface area contributed by atoms with Gasteiger partial charge >= 0.3 is 6.03 Å². The number of urea groups is 1. The Kier molecular flexibility index (Phi) is 8.06. The molecule has 2 amide bonds.